The predicted molar refractivity (Wildman–Crippen MR) is 105 cm³/mol. The van der Waals surface area contributed by atoms with E-state index in [2.05, 4.69) is 15.3 Å². The molecule has 170 valence electrons. The zero-order valence-corrected chi connectivity index (χ0v) is 17.4. The van der Waals surface area contributed by atoms with Crippen molar-refractivity contribution in [2.45, 2.75) is 19.1 Å². The number of urea groups is 1. The quantitative estimate of drug-likeness (QED) is 0.543. The molecule has 13 heteroatoms. The maximum atomic E-state index is 13.8. The minimum absolute atomic E-state index is 0.0929. The largest absolute Gasteiger partial charge is 0.476 e. The summed E-state index contributed by atoms with van der Waals surface area (Å²) in [4.78, 5) is 32.2. The fraction of sp³-hybridized carbons (Fsp3) is 0.316. The molecule has 2 aromatic rings. The van der Waals surface area contributed by atoms with Crippen LogP contribution in [0.25, 0.3) is 5.57 Å². The van der Waals surface area contributed by atoms with Gasteiger partial charge in [-0.3, -0.25) is 10.1 Å². The summed E-state index contributed by atoms with van der Waals surface area (Å²) < 4.78 is 51.3. The number of halogens is 3. The highest BCUT2D eigenvalue weighted by molar-refractivity contribution is 5.87. The third kappa shape index (κ3) is 3.88. The van der Waals surface area contributed by atoms with Crippen molar-refractivity contribution < 1.29 is 32.4 Å². The van der Waals surface area contributed by atoms with Gasteiger partial charge in [0.05, 0.1) is 30.7 Å². The SMILES string of the molecule is COc1nc(C2=C(C)NC(=O)N(C)[C@@H]2c2ccccc2C(F)(F)F)nc(OC)c1[N+](=O)[O-]. The number of methoxy groups -OCH3 is 2. The van der Waals surface area contributed by atoms with Crippen molar-refractivity contribution in [3.8, 4) is 11.8 Å². The summed E-state index contributed by atoms with van der Waals surface area (Å²) in [6.45, 7) is 1.47. The highest BCUT2D eigenvalue weighted by atomic mass is 19.4. The summed E-state index contributed by atoms with van der Waals surface area (Å²) in [5.74, 6) is -1.09. The molecule has 1 aromatic carbocycles. The first-order chi connectivity index (χ1) is 15.0. The molecule has 0 bridgehead atoms. The van der Waals surface area contributed by atoms with E-state index in [1.807, 2.05) is 0 Å². The highest BCUT2D eigenvalue weighted by Gasteiger charge is 2.42. The number of aromatic nitrogens is 2. The topological polar surface area (TPSA) is 120 Å². The van der Waals surface area contributed by atoms with Gasteiger partial charge in [0.1, 0.15) is 0 Å². The Morgan fingerprint density at radius 1 is 1.16 bits per heavy atom. The Morgan fingerprint density at radius 2 is 1.72 bits per heavy atom. The number of allylic oxidation sites excluding steroid dienone is 1. The Labute approximate surface area is 179 Å². The van der Waals surface area contributed by atoms with Crippen molar-refractivity contribution in [3.05, 3.63) is 57.0 Å². The molecule has 1 N–H and O–H groups in total. The minimum Gasteiger partial charge on any atom is -0.476 e. The molecule has 1 aromatic heterocycles. The van der Waals surface area contributed by atoms with Gasteiger partial charge in [0.2, 0.25) is 0 Å². The number of nitrogens with zero attached hydrogens (tertiary/aromatic N) is 4. The fourth-order valence-corrected chi connectivity index (χ4v) is 3.46. The molecule has 0 unspecified atom stereocenters. The normalized spacial score (nSPS) is 16.7. The van der Waals surface area contributed by atoms with E-state index in [4.69, 9.17) is 9.47 Å². The molecular formula is C19H18F3N5O5. The van der Waals surface area contributed by atoms with Crippen LogP contribution < -0.4 is 14.8 Å². The number of nitrogens with one attached hydrogen (secondary N) is 1. The van der Waals surface area contributed by atoms with E-state index < -0.39 is 46.2 Å². The lowest BCUT2D eigenvalue weighted by Gasteiger charge is -2.36. The summed E-state index contributed by atoms with van der Waals surface area (Å²) >= 11 is 0. The molecule has 0 fully saturated rings. The van der Waals surface area contributed by atoms with Gasteiger partial charge in [-0.2, -0.15) is 23.1 Å². The predicted octanol–water partition coefficient (Wildman–Crippen LogP) is 3.55. The van der Waals surface area contributed by atoms with Crippen molar-refractivity contribution in [2.75, 3.05) is 21.3 Å². The molecule has 3 rings (SSSR count). The summed E-state index contributed by atoms with van der Waals surface area (Å²) in [6, 6.07) is 2.90. The minimum atomic E-state index is -4.70. The van der Waals surface area contributed by atoms with Crippen LogP contribution in [0.5, 0.6) is 11.8 Å². The number of amides is 2. The first kappa shape index (κ1) is 22.8. The van der Waals surface area contributed by atoms with E-state index in [0.717, 1.165) is 25.2 Å². The summed E-state index contributed by atoms with van der Waals surface area (Å²) in [5.41, 5.74) is -1.54. The Hall–Kier alpha value is -3.90. The zero-order valence-electron chi connectivity index (χ0n) is 17.4. The summed E-state index contributed by atoms with van der Waals surface area (Å²) in [7, 11) is 3.61. The van der Waals surface area contributed by atoms with Crippen LogP contribution in [-0.2, 0) is 6.18 Å². The highest BCUT2D eigenvalue weighted by Crippen LogP contribution is 2.44. The van der Waals surface area contributed by atoms with Crippen LogP contribution in [0.4, 0.5) is 23.7 Å². The molecule has 0 saturated carbocycles. The Morgan fingerprint density at radius 3 is 2.22 bits per heavy atom. The van der Waals surface area contributed by atoms with E-state index in [9.17, 15) is 28.1 Å². The maximum Gasteiger partial charge on any atom is 0.416 e. The second-order valence-electron chi connectivity index (χ2n) is 6.74. The molecule has 2 heterocycles. The van der Waals surface area contributed by atoms with Crippen LogP contribution >= 0.6 is 0 Å². The van der Waals surface area contributed by atoms with Crippen LogP contribution in [0.2, 0.25) is 0 Å². The van der Waals surface area contributed by atoms with Crippen molar-refractivity contribution in [1.29, 1.82) is 0 Å². The third-order valence-corrected chi connectivity index (χ3v) is 4.87. The van der Waals surface area contributed by atoms with Gasteiger partial charge >= 0.3 is 29.7 Å². The van der Waals surface area contributed by atoms with Gasteiger partial charge in [-0.25, -0.2) is 4.79 Å². The lowest BCUT2D eigenvalue weighted by molar-refractivity contribution is -0.387. The fourth-order valence-electron chi connectivity index (χ4n) is 3.46. The molecule has 1 aliphatic rings. The number of ether oxygens (including phenoxy) is 2. The number of alkyl halides is 3. The van der Waals surface area contributed by atoms with Gasteiger partial charge in [0.15, 0.2) is 5.82 Å². The van der Waals surface area contributed by atoms with E-state index in [1.165, 1.54) is 32.2 Å². The number of carbonyl (C=O) groups excluding carboxylic acids is 1. The van der Waals surface area contributed by atoms with Crippen LogP contribution in [-0.4, -0.2) is 47.1 Å². The first-order valence-electron chi connectivity index (χ1n) is 9.06. The summed E-state index contributed by atoms with van der Waals surface area (Å²) in [6.07, 6.45) is -4.70. The lowest BCUT2D eigenvalue weighted by atomic mass is 9.90. The number of nitro groups is 1. The number of hydrogen-bond donors (Lipinski definition) is 1. The van der Waals surface area contributed by atoms with E-state index in [0.29, 0.717) is 0 Å². The van der Waals surface area contributed by atoms with Crippen LogP contribution in [0.3, 0.4) is 0 Å². The van der Waals surface area contributed by atoms with Crippen LogP contribution in [0.1, 0.15) is 29.9 Å². The molecule has 0 saturated heterocycles. The van der Waals surface area contributed by atoms with Crippen LogP contribution in [0.15, 0.2) is 30.0 Å². The number of rotatable bonds is 5. The second-order valence-corrected chi connectivity index (χ2v) is 6.74. The molecular weight excluding hydrogens is 435 g/mol. The Bertz CT molecular complexity index is 1090. The number of benzene rings is 1. The molecule has 32 heavy (non-hydrogen) atoms. The van der Waals surface area contributed by atoms with Crippen molar-refractivity contribution in [1.82, 2.24) is 20.2 Å². The van der Waals surface area contributed by atoms with Gasteiger partial charge in [0, 0.05) is 18.3 Å². The number of hydrogen-bond acceptors (Lipinski definition) is 7. The average molecular weight is 453 g/mol. The van der Waals surface area contributed by atoms with Gasteiger partial charge in [-0.15, -0.1) is 0 Å². The maximum absolute atomic E-state index is 13.8. The van der Waals surface area contributed by atoms with Gasteiger partial charge in [0.25, 0.3) is 0 Å². The zero-order chi connectivity index (χ0) is 23.8. The van der Waals surface area contributed by atoms with Crippen molar-refractivity contribution in [3.63, 3.8) is 0 Å². The molecule has 1 atom stereocenters. The molecule has 0 spiro atoms. The van der Waals surface area contributed by atoms with Crippen molar-refractivity contribution in [2.24, 2.45) is 0 Å². The number of likely N-dealkylation sites (N-methyl/N-ethyl adjacent to an activating group) is 1. The van der Waals surface area contributed by atoms with E-state index in [-0.39, 0.29) is 22.7 Å². The standard InChI is InChI=1S/C19H18F3N5O5/c1-9-12(15-24-16(31-3)14(27(29)30)17(25-15)32-4)13(26(2)18(28)23-9)10-7-5-6-8-11(10)19(20,21)22/h5-8,13H,1-4H3,(H,23,28)/t13-/m1/s1. The Balaban J connectivity index is 2.33. The van der Waals surface area contributed by atoms with E-state index in [1.54, 1.807) is 0 Å². The van der Waals surface area contributed by atoms with Gasteiger partial charge < -0.3 is 19.7 Å². The first-order valence-corrected chi connectivity index (χ1v) is 9.06. The second kappa shape index (κ2) is 8.32. The lowest BCUT2D eigenvalue weighted by Crippen LogP contribution is -2.45. The molecule has 1 aliphatic heterocycles. The molecule has 2 amide bonds. The molecule has 10 nitrogen and oxygen atoms in total. The number of carbonyl (C=O) groups is 1. The van der Waals surface area contributed by atoms with Gasteiger partial charge in [-0.05, 0) is 18.6 Å². The van der Waals surface area contributed by atoms with Crippen LogP contribution in [0, 0.1) is 10.1 Å². The van der Waals surface area contributed by atoms with Crippen molar-refractivity contribution >= 4 is 17.3 Å². The molecule has 0 radical (unpaired) electrons. The monoisotopic (exact) mass is 453 g/mol. The molecule has 0 aliphatic carbocycles. The average Bonchev–Trinajstić information content (AvgIpc) is 2.74. The summed E-state index contributed by atoms with van der Waals surface area (Å²) in [5, 5.41) is 13.9. The smallest absolute Gasteiger partial charge is 0.416 e. The van der Waals surface area contributed by atoms with E-state index >= 15 is 0 Å². The Kier molecular flexibility index (Phi) is 5.92. The van der Waals surface area contributed by atoms with Gasteiger partial charge in [-0.1, -0.05) is 18.2 Å². The third-order valence-electron chi connectivity index (χ3n) is 4.87.